The van der Waals surface area contributed by atoms with Crippen LogP contribution < -0.4 is 0 Å². The molecular weight excluding hydrogens is 312 g/mol. The Kier molecular flexibility index (Phi) is 4.74. The van der Waals surface area contributed by atoms with Crippen LogP contribution in [0.1, 0.15) is 31.8 Å². The molecule has 6 heteroatoms. The number of benzene rings is 2. The van der Waals surface area contributed by atoms with Crippen LogP contribution in [0.25, 0.3) is 0 Å². The van der Waals surface area contributed by atoms with Gasteiger partial charge in [-0.2, -0.15) is 0 Å². The first kappa shape index (κ1) is 16.5. The largest absolute Gasteiger partial charge is 0.507 e. The number of carbonyl (C=O) groups is 2. The van der Waals surface area contributed by atoms with Gasteiger partial charge >= 0.3 is 11.9 Å². The minimum atomic E-state index is -1.24. The summed E-state index contributed by atoms with van der Waals surface area (Å²) in [6.45, 7) is 0. The number of carboxylic acid groups (broad SMARTS) is 2. The third-order valence-corrected chi connectivity index (χ3v) is 2.93. The van der Waals surface area contributed by atoms with Crippen LogP contribution in [-0.2, 0) is 0 Å². The fourth-order valence-electron chi connectivity index (χ4n) is 1.79. The Balaban J connectivity index is 2.19. The van der Waals surface area contributed by atoms with Crippen LogP contribution in [-0.4, -0.2) is 32.4 Å². The molecule has 0 spiro atoms. The van der Waals surface area contributed by atoms with Gasteiger partial charge in [-0.25, -0.2) is 9.59 Å². The molecule has 0 saturated heterocycles. The quantitative estimate of drug-likeness (QED) is 0.628. The Labute approximate surface area is 136 Å². The van der Waals surface area contributed by atoms with Gasteiger partial charge in [-0.15, -0.1) is 0 Å². The van der Waals surface area contributed by atoms with Crippen molar-refractivity contribution in [3.63, 3.8) is 0 Å². The van der Waals surface area contributed by atoms with Gasteiger partial charge in [-0.3, -0.25) is 0 Å². The lowest BCUT2D eigenvalue weighted by molar-refractivity contribution is 0.0682. The van der Waals surface area contributed by atoms with E-state index in [0.717, 1.165) is 0 Å². The summed E-state index contributed by atoms with van der Waals surface area (Å²) in [7, 11) is 0. The maximum atomic E-state index is 10.8. The summed E-state index contributed by atoms with van der Waals surface area (Å²) in [5.41, 5.74) is 0.327. The molecule has 0 bridgehead atoms. The Bertz CT molecular complexity index is 871. The second-order valence-corrected chi connectivity index (χ2v) is 4.57. The average molecular weight is 322 g/mol. The summed E-state index contributed by atoms with van der Waals surface area (Å²) in [6.07, 6.45) is 0. The van der Waals surface area contributed by atoms with E-state index in [1.807, 2.05) is 0 Å². The minimum Gasteiger partial charge on any atom is -0.507 e. The highest BCUT2D eigenvalue weighted by Gasteiger charge is 2.09. The van der Waals surface area contributed by atoms with Crippen molar-refractivity contribution >= 4 is 11.9 Å². The second-order valence-electron chi connectivity index (χ2n) is 4.57. The molecule has 0 amide bonds. The molecule has 0 atom stereocenters. The molecule has 0 radical (unpaired) electrons. The van der Waals surface area contributed by atoms with Crippen LogP contribution in [0.5, 0.6) is 11.5 Å². The van der Waals surface area contributed by atoms with E-state index >= 15 is 0 Å². The highest BCUT2D eigenvalue weighted by Crippen LogP contribution is 2.19. The maximum absolute atomic E-state index is 10.8. The molecule has 0 aromatic heterocycles. The SMILES string of the molecule is O=C(O)c1ccc(C#CC#Cc2ccc(C(=O)O)c(O)c2)cc1O. The van der Waals surface area contributed by atoms with Gasteiger partial charge in [0.2, 0.25) is 0 Å². The van der Waals surface area contributed by atoms with E-state index in [-0.39, 0.29) is 11.1 Å². The van der Waals surface area contributed by atoms with Crippen molar-refractivity contribution < 1.29 is 30.0 Å². The van der Waals surface area contributed by atoms with Gasteiger partial charge in [0.05, 0.1) is 0 Å². The van der Waals surface area contributed by atoms with Crippen LogP contribution in [0.3, 0.4) is 0 Å². The Morgan fingerprint density at radius 2 is 1.08 bits per heavy atom. The average Bonchev–Trinajstić information content (AvgIpc) is 2.51. The molecule has 0 heterocycles. The van der Waals surface area contributed by atoms with E-state index in [9.17, 15) is 19.8 Å². The number of hydrogen-bond acceptors (Lipinski definition) is 4. The molecule has 2 rings (SSSR count). The van der Waals surface area contributed by atoms with Crippen LogP contribution in [0.2, 0.25) is 0 Å². The first-order valence-corrected chi connectivity index (χ1v) is 6.53. The van der Waals surface area contributed by atoms with Crippen molar-refractivity contribution in [2.45, 2.75) is 0 Å². The fraction of sp³-hybridized carbons (Fsp3) is 0. The van der Waals surface area contributed by atoms with Crippen molar-refractivity contribution in [3.8, 4) is 35.2 Å². The zero-order valence-corrected chi connectivity index (χ0v) is 12.1. The molecular formula is C18H10O6. The number of aromatic carboxylic acids is 2. The normalized spacial score (nSPS) is 9.17. The number of rotatable bonds is 2. The maximum Gasteiger partial charge on any atom is 0.339 e. The van der Waals surface area contributed by atoms with E-state index in [1.54, 1.807) is 0 Å². The lowest BCUT2D eigenvalue weighted by atomic mass is 10.1. The summed E-state index contributed by atoms with van der Waals surface area (Å²) in [5.74, 6) is 7.03. The molecule has 118 valence electrons. The third kappa shape index (κ3) is 3.85. The van der Waals surface area contributed by atoms with Gasteiger partial charge < -0.3 is 20.4 Å². The second kappa shape index (κ2) is 6.91. The summed E-state index contributed by atoms with van der Waals surface area (Å²) < 4.78 is 0. The summed E-state index contributed by atoms with van der Waals surface area (Å²) in [6, 6.07) is 7.77. The predicted molar refractivity (Wildman–Crippen MR) is 83.9 cm³/mol. The van der Waals surface area contributed by atoms with Crippen molar-refractivity contribution in [1.29, 1.82) is 0 Å². The van der Waals surface area contributed by atoms with Crippen LogP contribution in [0, 0.1) is 23.7 Å². The van der Waals surface area contributed by atoms with E-state index in [2.05, 4.69) is 23.7 Å². The lowest BCUT2D eigenvalue weighted by Gasteiger charge is -1.98. The molecule has 4 N–H and O–H groups in total. The molecule has 0 saturated carbocycles. The topological polar surface area (TPSA) is 115 Å². The number of phenols is 2. The van der Waals surface area contributed by atoms with Crippen LogP contribution in [0.15, 0.2) is 36.4 Å². The molecule has 0 aliphatic heterocycles. The monoisotopic (exact) mass is 322 g/mol. The van der Waals surface area contributed by atoms with Gasteiger partial charge in [0.15, 0.2) is 0 Å². The molecule has 2 aromatic carbocycles. The fourth-order valence-corrected chi connectivity index (χ4v) is 1.79. The van der Waals surface area contributed by atoms with Crippen molar-refractivity contribution in [2.24, 2.45) is 0 Å². The minimum absolute atomic E-state index is 0.222. The van der Waals surface area contributed by atoms with Gasteiger partial charge in [-0.05, 0) is 48.2 Å². The van der Waals surface area contributed by atoms with Crippen molar-refractivity contribution in [3.05, 3.63) is 58.7 Å². The number of carboxylic acids is 2. The molecule has 6 nitrogen and oxygen atoms in total. The zero-order valence-electron chi connectivity index (χ0n) is 12.1. The summed E-state index contributed by atoms with van der Waals surface area (Å²) in [4.78, 5) is 21.5. The molecule has 0 unspecified atom stereocenters. The van der Waals surface area contributed by atoms with E-state index in [4.69, 9.17) is 10.2 Å². The van der Waals surface area contributed by atoms with Gasteiger partial charge in [-0.1, -0.05) is 11.8 Å². The lowest BCUT2D eigenvalue weighted by Crippen LogP contribution is -1.96. The van der Waals surface area contributed by atoms with E-state index in [1.165, 1.54) is 36.4 Å². The molecule has 24 heavy (non-hydrogen) atoms. The third-order valence-electron chi connectivity index (χ3n) is 2.93. The highest BCUT2D eigenvalue weighted by molar-refractivity contribution is 5.91. The number of hydrogen-bond donors (Lipinski definition) is 4. The first-order valence-electron chi connectivity index (χ1n) is 6.53. The Morgan fingerprint density at radius 1 is 0.708 bits per heavy atom. The molecule has 2 aromatic rings. The molecule has 0 aliphatic rings. The smallest absolute Gasteiger partial charge is 0.339 e. The summed E-state index contributed by atoms with van der Waals surface area (Å²) in [5, 5.41) is 36.7. The summed E-state index contributed by atoms with van der Waals surface area (Å²) >= 11 is 0. The van der Waals surface area contributed by atoms with E-state index in [0.29, 0.717) is 11.1 Å². The van der Waals surface area contributed by atoms with Crippen molar-refractivity contribution in [2.75, 3.05) is 0 Å². The first-order chi connectivity index (χ1) is 11.4. The van der Waals surface area contributed by atoms with Gasteiger partial charge in [0.1, 0.15) is 22.6 Å². The van der Waals surface area contributed by atoms with E-state index < -0.39 is 23.4 Å². The van der Waals surface area contributed by atoms with Crippen LogP contribution >= 0.6 is 0 Å². The zero-order chi connectivity index (χ0) is 17.7. The molecule has 0 fully saturated rings. The Morgan fingerprint density at radius 3 is 1.38 bits per heavy atom. The molecule has 0 aliphatic carbocycles. The standard InChI is InChI=1S/C18H10O6/c19-15-9-11(5-7-13(15)17(21)22)3-1-2-4-12-6-8-14(18(23)24)16(20)10-12/h5-10,19-20H,(H,21,22)(H,23,24). The van der Waals surface area contributed by atoms with Crippen molar-refractivity contribution in [1.82, 2.24) is 0 Å². The highest BCUT2D eigenvalue weighted by atomic mass is 16.4. The Hall–Kier alpha value is -3.90. The van der Waals surface area contributed by atoms with Gasteiger partial charge in [0.25, 0.3) is 0 Å². The number of aromatic hydroxyl groups is 2. The van der Waals surface area contributed by atoms with Crippen LogP contribution in [0.4, 0.5) is 0 Å². The predicted octanol–water partition coefficient (Wildman–Crippen LogP) is 1.90. The van der Waals surface area contributed by atoms with Gasteiger partial charge in [0, 0.05) is 11.1 Å².